The van der Waals surface area contributed by atoms with Crippen LogP contribution < -0.4 is 5.73 Å². The third-order valence-electron chi connectivity index (χ3n) is 2.31. The Kier molecular flexibility index (Phi) is 4.44. The maximum absolute atomic E-state index is 9.32. The van der Waals surface area contributed by atoms with Crippen LogP contribution in [-0.2, 0) is 6.54 Å². The Morgan fingerprint density at radius 1 is 1.23 bits per heavy atom. The van der Waals surface area contributed by atoms with Gasteiger partial charge in [0.15, 0.2) is 5.82 Å². The molecule has 2 heteroatoms. The van der Waals surface area contributed by atoms with Crippen molar-refractivity contribution in [3.05, 3.63) is 18.3 Å². The molecule has 1 heterocycles. The summed E-state index contributed by atoms with van der Waals surface area (Å²) in [6, 6.07) is 3.60. The van der Waals surface area contributed by atoms with Crippen molar-refractivity contribution >= 4 is 5.82 Å². The SMILES string of the molecule is CCCCCCCn1cccc1[N]. The Balaban J connectivity index is 2.10. The fourth-order valence-corrected chi connectivity index (χ4v) is 1.48. The summed E-state index contributed by atoms with van der Waals surface area (Å²) in [6.45, 7) is 3.17. The molecule has 2 nitrogen and oxygen atoms in total. The molecule has 0 fully saturated rings. The van der Waals surface area contributed by atoms with E-state index in [9.17, 15) is 5.73 Å². The third-order valence-corrected chi connectivity index (χ3v) is 2.31. The molecule has 0 amide bonds. The fourth-order valence-electron chi connectivity index (χ4n) is 1.48. The molecule has 0 aliphatic heterocycles. The highest BCUT2D eigenvalue weighted by Crippen LogP contribution is 2.09. The summed E-state index contributed by atoms with van der Waals surface area (Å²) in [5.41, 5.74) is 9.32. The highest BCUT2D eigenvalue weighted by atomic mass is 15.0. The first kappa shape index (κ1) is 10.2. The molecule has 72 valence electrons. The molecule has 0 aliphatic carbocycles. The van der Waals surface area contributed by atoms with Crippen LogP contribution in [-0.4, -0.2) is 4.57 Å². The van der Waals surface area contributed by atoms with Gasteiger partial charge in [0, 0.05) is 12.7 Å². The summed E-state index contributed by atoms with van der Waals surface area (Å²) in [4.78, 5) is 0. The Labute approximate surface area is 80.7 Å². The van der Waals surface area contributed by atoms with Gasteiger partial charge >= 0.3 is 0 Å². The predicted molar refractivity (Wildman–Crippen MR) is 55.0 cm³/mol. The zero-order chi connectivity index (χ0) is 9.52. The minimum Gasteiger partial charge on any atom is -0.332 e. The van der Waals surface area contributed by atoms with Gasteiger partial charge in [-0.15, -0.1) is 5.73 Å². The molecular weight excluding hydrogens is 160 g/mol. The summed E-state index contributed by atoms with van der Waals surface area (Å²) in [6.07, 6.45) is 8.30. The molecule has 0 saturated heterocycles. The number of unbranched alkanes of at least 4 members (excludes halogenated alkanes) is 4. The van der Waals surface area contributed by atoms with Gasteiger partial charge in [-0.3, -0.25) is 0 Å². The van der Waals surface area contributed by atoms with Crippen LogP contribution in [0.2, 0.25) is 0 Å². The van der Waals surface area contributed by atoms with Crippen molar-refractivity contribution in [2.75, 3.05) is 0 Å². The summed E-state index contributed by atoms with van der Waals surface area (Å²) in [7, 11) is 0. The van der Waals surface area contributed by atoms with E-state index >= 15 is 0 Å². The lowest BCUT2D eigenvalue weighted by Gasteiger charge is -2.03. The molecule has 0 atom stereocenters. The quantitative estimate of drug-likeness (QED) is 0.598. The van der Waals surface area contributed by atoms with E-state index in [1.807, 2.05) is 16.8 Å². The number of aromatic nitrogens is 1. The molecule has 0 saturated carbocycles. The molecule has 1 aromatic heterocycles. The minimum absolute atomic E-state index is 0.385. The Morgan fingerprint density at radius 3 is 2.62 bits per heavy atom. The standard InChI is InChI=1S/C11H18N2/c1-2-3-4-5-6-9-13-10-7-8-11(13)12/h7-8,10H,2-6,9H2,1H3. The second-order valence-electron chi connectivity index (χ2n) is 3.47. The lowest BCUT2D eigenvalue weighted by atomic mass is 10.1. The maximum atomic E-state index is 9.32. The monoisotopic (exact) mass is 178 g/mol. The van der Waals surface area contributed by atoms with E-state index in [0.717, 1.165) is 6.54 Å². The second-order valence-corrected chi connectivity index (χ2v) is 3.47. The van der Waals surface area contributed by atoms with Crippen molar-refractivity contribution in [2.24, 2.45) is 0 Å². The Bertz CT molecular complexity index is 228. The van der Waals surface area contributed by atoms with Crippen molar-refractivity contribution in [1.82, 2.24) is 10.3 Å². The molecule has 0 spiro atoms. The van der Waals surface area contributed by atoms with Gasteiger partial charge in [-0.05, 0) is 18.6 Å². The lowest BCUT2D eigenvalue weighted by molar-refractivity contribution is 0.571. The molecule has 1 rings (SSSR count). The van der Waals surface area contributed by atoms with Crippen LogP contribution in [0.1, 0.15) is 39.0 Å². The molecule has 0 bridgehead atoms. The van der Waals surface area contributed by atoms with E-state index in [1.54, 1.807) is 6.07 Å². The minimum atomic E-state index is 0.385. The van der Waals surface area contributed by atoms with Gasteiger partial charge in [0.1, 0.15) is 0 Å². The van der Waals surface area contributed by atoms with Gasteiger partial charge in [0.25, 0.3) is 0 Å². The smallest absolute Gasteiger partial charge is 0.155 e. The van der Waals surface area contributed by atoms with E-state index in [0.29, 0.717) is 5.82 Å². The van der Waals surface area contributed by atoms with Crippen LogP contribution in [0.15, 0.2) is 18.3 Å². The van der Waals surface area contributed by atoms with Crippen molar-refractivity contribution in [2.45, 2.75) is 45.6 Å². The fraction of sp³-hybridized carbons (Fsp3) is 0.636. The average Bonchev–Trinajstić information content (AvgIpc) is 2.52. The molecule has 0 N–H and O–H groups in total. The zero-order valence-corrected chi connectivity index (χ0v) is 8.37. The lowest BCUT2D eigenvalue weighted by Crippen LogP contribution is -1.96. The second kappa shape index (κ2) is 5.68. The van der Waals surface area contributed by atoms with E-state index in [1.165, 1.54) is 32.1 Å². The number of hydrogen-bond donors (Lipinski definition) is 0. The molecule has 0 aromatic carbocycles. The first-order valence-corrected chi connectivity index (χ1v) is 5.18. The molecular formula is C11H18N2. The summed E-state index contributed by atoms with van der Waals surface area (Å²) in [5, 5.41) is 0. The van der Waals surface area contributed by atoms with Crippen LogP contribution >= 0.6 is 0 Å². The van der Waals surface area contributed by atoms with E-state index < -0.39 is 0 Å². The molecule has 13 heavy (non-hydrogen) atoms. The highest BCUT2D eigenvalue weighted by molar-refractivity contribution is 5.24. The number of nitrogens with zero attached hydrogens (tertiary/aromatic N) is 2. The zero-order valence-electron chi connectivity index (χ0n) is 8.37. The number of rotatable bonds is 6. The van der Waals surface area contributed by atoms with Crippen molar-refractivity contribution in [3.63, 3.8) is 0 Å². The van der Waals surface area contributed by atoms with Crippen LogP contribution in [0.25, 0.3) is 0 Å². The van der Waals surface area contributed by atoms with Crippen molar-refractivity contribution in [3.8, 4) is 0 Å². The van der Waals surface area contributed by atoms with Crippen LogP contribution in [0, 0.1) is 0 Å². The summed E-state index contributed by atoms with van der Waals surface area (Å²) in [5.74, 6) is 0.385. The Hall–Kier alpha value is -0.920. The average molecular weight is 178 g/mol. The van der Waals surface area contributed by atoms with E-state index in [4.69, 9.17) is 0 Å². The van der Waals surface area contributed by atoms with E-state index in [2.05, 4.69) is 6.92 Å². The first-order valence-electron chi connectivity index (χ1n) is 5.18. The number of hydrogen-bond acceptors (Lipinski definition) is 0. The first-order chi connectivity index (χ1) is 6.34. The van der Waals surface area contributed by atoms with Crippen LogP contribution in [0.5, 0.6) is 0 Å². The van der Waals surface area contributed by atoms with Crippen molar-refractivity contribution < 1.29 is 0 Å². The van der Waals surface area contributed by atoms with Gasteiger partial charge in [-0.25, -0.2) is 0 Å². The predicted octanol–water partition coefficient (Wildman–Crippen LogP) is 3.16. The number of aryl methyl sites for hydroxylation is 1. The van der Waals surface area contributed by atoms with Gasteiger partial charge < -0.3 is 4.57 Å². The maximum Gasteiger partial charge on any atom is 0.155 e. The normalized spacial score (nSPS) is 10.5. The molecule has 2 radical (unpaired) electrons. The Morgan fingerprint density at radius 2 is 2.00 bits per heavy atom. The topological polar surface area (TPSA) is 27.2 Å². The van der Waals surface area contributed by atoms with Gasteiger partial charge in [0.05, 0.1) is 0 Å². The van der Waals surface area contributed by atoms with Gasteiger partial charge in [-0.1, -0.05) is 32.6 Å². The van der Waals surface area contributed by atoms with E-state index in [-0.39, 0.29) is 0 Å². The van der Waals surface area contributed by atoms with Gasteiger partial charge in [-0.2, -0.15) is 0 Å². The molecule has 0 unspecified atom stereocenters. The largest absolute Gasteiger partial charge is 0.332 e. The van der Waals surface area contributed by atoms with Crippen molar-refractivity contribution in [1.29, 1.82) is 0 Å². The molecule has 1 aromatic rings. The van der Waals surface area contributed by atoms with Crippen LogP contribution in [0.3, 0.4) is 0 Å². The molecule has 0 aliphatic rings. The summed E-state index contributed by atoms with van der Waals surface area (Å²) >= 11 is 0. The summed E-state index contributed by atoms with van der Waals surface area (Å²) < 4.78 is 1.89. The van der Waals surface area contributed by atoms with Crippen LogP contribution in [0.4, 0.5) is 5.82 Å². The van der Waals surface area contributed by atoms with Gasteiger partial charge in [0.2, 0.25) is 0 Å². The third kappa shape index (κ3) is 3.53. The highest BCUT2D eigenvalue weighted by Gasteiger charge is 1.96.